The molecule has 4 rings (SSSR count). The molecule has 0 saturated carbocycles. The number of rotatable bonds is 0. The highest BCUT2D eigenvalue weighted by Gasteiger charge is 2.08. The second-order valence-electron chi connectivity index (χ2n) is 9.33. The molecule has 0 atom stereocenters. The lowest BCUT2D eigenvalue weighted by atomic mass is 10.1. The van der Waals surface area contributed by atoms with Crippen LogP contribution in [-0.2, 0) is 7.05 Å². The summed E-state index contributed by atoms with van der Waals surface area (Å²) >= 11 is 0. The van der Waals surface area contributed by atoms with Gasteiger partial charge >= 0.3 is 0 Å². The molecule has 5 heteroatoms. The van der Waals surface area contributed by atoms with Crippen molar-refractivity contribution >= 4 is 0 Å². The summed E-state index contributed by atoms with van der Waals surface area (Å²) in [5.41, 5.74) is 1.31. The van der Waals surface area contributed by atoms with Gasteiger partial charge in [-0.25, -0.2) is 4.57 Å². The van der Waals surface area contributed by atoms with Gasteiger partial charge in [0.25, 0.3) is 0 Å². The van der Waals surface area contributed by atoms with E-state index in [1.807, 2.05) is 24.0 Å². The molecule has 0 spiro atoms. The van der Waals surface area contributed by atoms with Crippen LogP contribution in [0.2, 0.25) is 0 Å². The van der Waals surface area contributed by atoms with Gasteiger partial charge in [0.2, 0.25) is 0 Å². The van der Waals surface area contributed by atoms with Crippen LogP contribution in [0.4, 0.5) is 0 Å². The number of hydrogen-bond acceptors (Lipinski definition) is 2. The smallest absolute Gasteiger partial charge is 0.168 e. The van der Waals surface area contributed by atoms with E-state index in [4.69, 9.17) is 0 Å². The van der Waals surface area contributed by atoms with E-state index in [9.17, 15) is 0 Å². The number of quaternary nitrogens is 2. The van der Waals surface area contributed by atoms with Crippen LogP contribution in [0.25, 0.3) is 0 Å². The number of aromatic nitrogens is 1. The first-order chi connectivity index (χ1) is 13.9. The third kappa shape index (κ3) is 14.6. The summed E-state index contributed by atoms with van der Waals surface area (Å²) in [6.07, 6.45) is 11.3. The second-order valence-corrected chi connectivity index (χ2v) is 9.33. The Bertz CT molecular complexity index is 453. The molecule has 3 saturated heterocycles. The van der Waals surface area contributed by atoms with Crippen LogP contribution in [0.3, 0.4) is 0 Å². The Morgan fingerprint density at radius 1 is 0.690 bits per heavy atom. The Morgan fingerprint density at radius 2 is 1.03 bits per heavy atom. The molecule has 3 fully saturated rings. The Balaban J connectivity index is 0.000000194. The first-order valence-corrected chi connectivity index (χ1v) is 11.8. The predicted octanol–water partition coefficient (Wildman–Crippen LogP) is -0.337. The van der Waals surface area contributed by atoms with E-state index in [1.54, 1.807) is 9.80 Å². The molecule has 0 bridgehead atoms. The first-order valence-electron chi connectivity index (χ1n) is 11.8. The molecule has 0 aromatic carbocycles. The van der Waals surface area contributed by atoms with Crippen molar-refractivity contribution in [3.8, 4) is 0 Å². The van der Waals surface area contributed by atoms with E-state index in [2.05, 4.69) is 57.0 Å². The van der Waals surface area contributed by atoms with Gasteiger partial charge < -0.3 is 19.6 Å². The maximum absolute atomic E-state index is 2.36. The van der Waals surface area contributed by atoms with Gasteiger partial charge in [-0.15, -0.1) is 0 Å². The first kappa shape index (κ1) is 26.0. The van der Waals surface area contributed by atoms with Gasteiger partial charge in [0.15, 0.2) is 12.4 Å². The number of piperazine rings is 1. The fourth-order valence-electron chi connectivity index (χ4n) is 3.62. The number of pyridine rings is 1. The number of likely N-dealkylation sites (tertiary alicyclic amines) is 2. The van der Waals surface area contributed by atoms with Gasteiger partial charge in [0.1, 0.15) is 7.05 Å². The molecule has 2 N–H and O–H groups in total. The van der Waals surface area contributed by atoms with E-state index >= 15 is 0 Å². The van der Waals surface area contributed by atoms with Gasteiger partial charge in [-0.1, -0.05) is 0 Å². The molecular weight excluding hydrogens is 358 g/mol. The van der Waals surface area contributed by atoms with Crippen molar-refractivity contribution in [3.05, 3.63) is 30.1 Å². The minimum absolute atomic E-state index is 1.23. The molecular formula is C24H50N5+3. The normalized spacial score (nSPS) is 21.2. The summed E-state index contributed by atoms with van der Waals surface area (Å²) in [7, 11) is 10.9. The number of piperidine rings is 1. The highest BCUT2D eigenvalue weighted by atomic mass is 15.2. The molecule has 4 heterocycles. The highest BCUT2D eigenvalue weighted by Crippen LogP contribution is 1.94. The molecule has 3 aliphatic rings. The number of likely N-dealkylation sites (N-methyl/N-ethyl adjacent to an activating group) is 2. The lowest BCUT2D eigenvalue weighted by Crippen LogP contribution is -3.09. The standard InChI is InChI=1S/C7H10N.C6H14N2.C6H13N.C5H11N/c2*1-7-3-5-8(2)6-4-7;1-7-5-3-2-4-6-7;1-6-4-2-3-5-6/h3-6H,1-2H3;3-6H2,1-2H3;2-6H2,1H3;2-5H2,1H3/q+1;;;/p+2. The Labute approximate surface area is 181 Å². The van der Waals surface area contributed by atoms with Crippen molar-refractivity contribution in [3.63, 3.8) is 0 Å². The summed E-state index contributed by atoms with van der Waals surface area (Å²) in [6, 6.07) is 4.17. The monoisotopic (exact) mass is 408 g/mol. The Kier molecular flexibility index (Phi) is 14.2. The molecule has 1 aromatic heterocycles. The third-order valence-electron chi connectivity index (χ3n) is 6.04. The highest BCUT2D eigenvalue weighted by molar-refractivity contribution is 5.02. The molecule has 168 valence electrons. The Morgan fingerprint density at radius 3 is 1.31 bits per heavy atom. The number of aryl methyl sites for hydroxylation is 2. The SMILES string of the molecule is CN1CCN(C)CC1.C[NH+]1CCCC1.C[NH+]1CCCCC1.Cc1cc[n+](C)cc1. The lowest BCUT2D eigenvalue weighted by Gasteiger charge is -2.28. The molecule has 3 aliphatic heterocycles. The minimum atomic E-state index is 1.23. The average molecular weight is 409 g/mol. The van der Waals surface area contributed by atoms with Gasteiger partial charge in [-0.05, 0) is 45.8 Å². The number of nitrogens with one attached hydrogen (secondary N) is 2. The van der Waals surface area contributed by atoms with Crippen LogP contribution >= 0.6 is 0 Å². The molecule has 29 heavy (non-hydrogen) atoms. The van der Waals surface area contributed by atoms with Gasteiger partial charge in [-0.2, -0.15) is 0 Å². The van der Waals surface area contributed by atoms with Crippen molar-refractivity contribution < 1.29 is 14.4 Å². The maximum Gasteiger partial charge on any atom is 0.168 e. The Hall–Kier alpha value is -1.01. The summed E-state index contributed by atoms with van der Waals surface area (Å²) < 4.78 is 2.02. The fraction of sp³-hybridized carbons (Fsp3) is 0.792. The molecule has 1 aromatic rings. The van der Waals surface area contributed by atoms with Crippen LogP contribution in [0.5, 0.6) is 0 Å². The van der Waals surface area contributed by atoms with Crippen molar-refractivity contribution in [2.75, 3.05) is 80.5 Å². The van der Waals surface area contributed by atoms with E-state index in [0.717, 1.165) is 0 Å². The van der Waals surface area contributed by atoms with Crippen LogP contribution < -0.4 is 14.4 Å². The zero-order valence-electron chi connectivity index (χ0n) is 20.3. The zero-order valence-corrected chi connectivity index (χ0v) is 20.3. The van der Waals surface area contributed by atoms with Crippen LogP contribution in [0, 0.1) is 6.92 Å². The van der Waals surface area contributed by atoms with Gasteiger partial charge in [0, 0.05) is 51.2 Å². The molecule has 0 aliphatic carbocycles. The maximum atomic E-state index is 2.36. The second kappa shape index (κ2) is 15.8. The topological polar surface area (TPSA) is 19.2 Å². The minimum Gasteiger partial charge on any atom is -0.337 e. The third-order valence-corrected chi connectivity index (χ3v) is 6.04. The molecule has 0 unspecified atom stereocenters. The summed E-state index contributed by atoms with van der Waals surface area (Å²) in [6.45, 7) is 12.6. The summed E-state index contributed by atoms with van der Waals surface area (Å²) in [4.78, 5) is 8.14. The molecule has 0 amide bonds. The van der Waals surface area contributed by atoms with Crippen LogP contribution in [0.15, 0.2) is 24.5 Å². The van der Waals surface area contributed by atoms with Crippen molar-refractivity contribution in [2.24, 2.45) is 7.05 Å². The van der Waals surface area contributed by atoms with E-state index in [-0.39, 0.29) is 0 Å². The fourth-order valence-corrected chi connectivity index (χ4v) is 3.62. The van der Waals surface area contributed by atoms with E-state index in [0.29, 0.717) is 0 Å². The predicted molar refractivity (Wildman–Crippen MR) is 124 cm³/mol. The van der Waals surface area contributed by atoms with Crippen molar-refractivity contribution in [1.82, 2.24) is 9.80 Å². The van der Waals surface area contributed by atoms with Crippen molar-refractivity contribution in [2.45, 2.75) is 39.0 Å². The summed E-state index contributed by atoms with van der Waals surface area (Å²) in [5.74, 6) is 0. The van der Waals surface area contributed by atoms with Gasteiger partial charge in [0.05, 0.1) is 40.3 Å². The summed E-state index contributed by atoms with van der Waals surface area (Å²) in [5, 5.41) is 0. The lowest BCUT2D eigenvalue weighted by molar-refractivity contribution is -0.884. The van der Waals surface area contributed by atoms with Crippen LogP contribution in [-0.4, -0.2) is 90.3 Å². The molecule has 0 radical (unpaired) electrons. The quantitative estimate of drug-likeness (QED) is 0.573. The van der Waals surface area contributed by atoms with E-state index < -0.39 is 0 Å². The molecule has 5 nitrogen and oxygen atoms in total. The average Bonchev–Trinajstić information content (AvgIpc) is 3.20. The largest absolute Gasteiger partial charge is 0.337 e. The van der Waals surface area contributed by atoms with Crippen molar-refractivity contribution in [1.29, 1.82) is 0 Å². The van der Waals surface area contributed by atoms with Crippen LogP contribution in [0.1, 0.15) is 37.7 Å². The van der Waals surface area contributed by atoms with E-state index in [1.165, 1.54) is 90.0 Å². The zero-order chi connectivity index (χ0) is 21.5. The van der Waals surface area contributed by atoms with Gasteiger partial charge in [-0.3, -0.25) is 0 Å². The number of nitrogens with zero attached hydrogens (tertiary/aromatic N) is 3. The number of hydrogen-bond donors (Lipinski definition) is 2.